The molecule has 2 aromatic carbocycles. The molecule has 0 bridgehead atoms. The van der Waals surface area contributed by atoms with Crippen molar-refractivity contribution in [1.29, 1.82) is 0 Å². The molecule has 2 aromatic rings. The highest BCUT2D eigenvalue weighted by atomic mass is 32.2. The third-order valence-electron chi connectivity index (χ3n) is 4.18. The fourth-order valence-electron chi connectivity index (χ4n) is 3.04. The second kappa shape index (κ2) is 6.73. The molecule has 0 aliphatic heterocycles. The number of hydrogen-bond donors (Lipinski definition) is 2. The van der Waals surface area contributed by atoms with Crippen LogP contribution in [0.3, 0.4) is 0 Å². The lowest BCUT2D eigenvalue weighted by atomic mass is 10.1. The van der Waals surface area contributed by atoms with E-state index < -0.39 is 0 Å². The van der Waals surface area contributed by atoms with Gasteiger partial charge in [-0.2, -0.15) is 0 Å². The molecule has 0 aromatic heterocycles. The van der Waals surface area contributed by atoms with Crippen LogP contribution in [0, 0.1) is 0 Å². The van der Waals surface area contributed by atoms with Crippen LogP contribution < -0.4 is 10.1 Å². The average Bonchev–Trinajstić information content (AvgIpc) is 2.87. The number of thioether (sulfide) groups is 1. The molecule has 3 nitrogen and oxygen atoms in total. The molecule has 2 atom stereocenters. The lowest BCUT2D eigenvalue weighted by Gasteiger charge is -2.18. The van der Waals surface area contributed by atoms with E-state index in [4.69, 9.17) is 4.74 Å². The Morgan fingerprint density at radius 2 is 2.09 bits per heavy atom. The Hall–Kier alpha value is -1.49. The summed E-state index contributed by atoms with van der Waals surface area (Å²) in [6.07, 6.45) is 2.41. The van der Waals surface area contributed by atoms with Gasteiger partial charge in [-0.1, -0.05) is 30.3 Å². The zero-order valence-corrected chi connectivity index (χ0v) is 13.7. The first-order valence-electron chi connectivity index (χ1n) is 7.43. The van der Waals surface area contributed by atoms with Crippen LogP contribution in [0.15, 0.2) is 47.4 Å². The summed E-state index contributed by atoms with van der Waals surface area (Å²) in [5.74, 6) is 0.902. The standard InChI is InChI=1S/C18H21NO2S/c1-21-16-9-12(7-8-17(16)22-2)11-19-18-14-6-4-3-5-13(14)10-15(18)20/h3-9,15,18-20H,10-11H2,1-2H3/t15-,18+/m0/s1. The van der Waals surface area contributed by atoms with E-state index in [1.807, 2.05) is 18.4 Å². The summed E-state index contributed by atoms with van der Waals surface area (Å²) >= 11 is 1.68. The van der Waals surface area contributed by atoms with Crippen molar-refractivity contribution in [3.8, 4) is 5.75 Å². The Labute approximate surface area is 135 Å². The molecular formula is C18H21NO2S. The third-order valence-corrected chi connectivity index (χ3v) is 4.96. The summed E-state index contributed by atoms with van der Waals surface area (Å²) in [4.78, 5) is 1.14. The smallest absolute Gasteiger partial charge is 0.132 e. The number of ether oxygens (including phenoxy) is 1. The molecule has 0 heterocycles. The van der Waals surface area contributed by atoms with Crippen molar-refractivity contribution in [2.24, 2.45) is 0 Å². The van der Waals surface area contributed by atoms with Gasteiger partial charge in [0, 0.05) is 17.9 Å². The van der Waals surface area contributed by atoms with Gasteiger partial charge < -0.3 is 15.2 Å². The maximum atomic E-state index is 10.3. The average molecular weight is 315 g/mol. The maximum absolute atomic E-state index is 10.3. The number of aliphatic hydroxyl groups is 1. The van der Waals surface area contributed by atoms with Crippen LogP contribution in [0.2, 0.25) is 0 Å². The molecular weight excluding hydrogens is 294 g/mol. The molecule has 4 heteroatoms. The van der Waals surface area contributed by atoms with Crippen molar-refractivity contribution in [3.63, 3.8) is 0 Å². The quantitative estimate of drug-likeness (QED) is 0.832. The van der Waals surface area contributed by atoms with Gasteiger partial charge >= 0.3 is 0 Å². The van der Waals surface area contributed by atoms with Gasteiger partial charge in [0.05, 0.1) is 19.3 Å². The maximum Gasteiger partial charge on any atom is 0.132 e. The van der Waals surface area contributed by atoms with Crippen molar-refractivity contribution in [3.05, 3.63) is 59.2 Å². The summed E-state index contributed by atoms with van der Waals surface area (Å²) in [5, 5.41) is 13.8. The first-order chi connectivity index (χ1) is 10.7. The molecule has 2 N–H and O–H groups in total. The van der Waals surface area contributed by atoms with Crippen LogP contribution in [0.1, 0.15) is 22.7 Å². The normalized spacial score (nSPS) is 20.0. The molecule has 1 aliphatic rings. The predicted octanol–water partition coefficient (Wildman–Crippen LogP) is 3.17. The van der Waals surface area contributed by atoms with E-state index in [0.717, 1.165) is 22.6 Å². The lowest BCUT2D eigenvalue weighted by Crippen LogP contribution is -2.28. The van der Waals surface area contributed by atoms with E-state index >= 15 is 0 Å². The predicted molar refractivity (Wildman–Crippen MR) is 90.5 cm³/mol. The summed E-state index contributed by atoms with van der Waals surface area (Å²) in [6.45, 7) is 0.709. The van der Waals surface area contributed by atoms with Gasteiger partial charge in [-0.3, -0.25) is 0 Å². The van der Waals surface area contributed by atoms with E-state index in [1.54, 1.807) is 18.9 Å². The summed E-state index contributed by atoms with van der Waals surface area (Å²) < 4.78 is 5.43. The molecule has 0 radical (unpaired) electrons. The lowest BCUT2D eigenvalue weighted by molar-refractivity contribution is 0.140. The number of aliphatic hydroxyl groups excluding tert-OH is 1. The van der Waals surface area contributed by atoms with Gasteiger partial charge in [0.2, 0.25) is 0 Å². The zero-order valence-electron chi connectivity index (χ0n) is 12.9. The van der Waals surface area contributed by atoms with Crippen LogP contribution in [0.4, 0.5) is 0 Å². The van der Waals surface area contributed by atoms with Crippen LogP contribution >= 0.6 is 11.8 Å². The third kappa shape index (κ3) is 3.00. The van der Waals surface area contributed by atoms with Gasteiger partial charge in [0.15, 0.2) is 0 Å². The second-order valence-corrected chi connectivity index (χ2v) is 6.37. The molecule has 116 valence electrons. The minimum atomic E-state index is -0.357. The Balaban J connectivity index is 1.73. The number of benzene rings is 2. The van der Waals surface area contributed by atoms with Crippen molar-refractivity contribution < 1.29 is 9.84 Å². The summed E-state index contributed by atoms with van der Waals surface area (Å²) in [6, 6.07) is 14.5. The van der Waals surface area contributed by atoms with E-state index in [9.17, 15) is 5.11 Å². The van der Waals surface area contributed by atoms with Gasteiger partial charge in [0.25, 0.3) is 0 Å². The van der Waals surface area contributed by atoms with Crippen LogP contribution in [0.25, 0.3) is 0 Å². The highest BCUT2D eigenvalue weighted by Crippen LogP contribution is 2.32. The first kappa shape index (κ1) is 15.4. The van der Waals surface area contributed by atoms with E-state index in [0.29, 0.717) is 6.54 Å². The first-order valence-corrected chi connectivity index (χ1v) is 8.65. The SMILES string of the molecule is COc1cc(CN[C@@H]2c3ccccc3C[C@@H]2O)ccc1SC. The van der Waals surface area contributed by atoms with Gasteiger partial charge in [-0.15, -0.1) is 11.8 Å². The number of hydrogen-bond acceptors (Lipinski definition) is 4. The highest BCUT2D eigenvalue weighted by Gasteiger charge is 2.30. The number of methoxy groups -OCH3 is 1. The monoisotopic (exact) mass is 315 g/mol. The van der Waals surface area contributed by atoms with Crippen molar-refractivity contribution in [2.45, 2.75) is 30.0 Å². The Kier molecular flexibility index (Phi) is 4.71. The zero-order chi connectivity index (χ0) is 15.5. The van der Waals surface area contributed by atoms with Crippen molar-refractivity contribution in [1.82, 2.24) is 5.32 Å². The number of nitrogens with one attached hydrogen (secondary N) is 1. The molecule has 0 saturated carbocycles. The molecule has 22 heavy (non-hydrogen) atoms. The molecule has 0 amide bonds. The van der Waals surface area contributed by atoms with Gasteiger partial charge in [-0.05, 0) is 35.1 Å². The van der Waals surface area contributed by atoms with Gasteiger partial charge in [-0.25, -0.2) is 0 Å². The van der Waals surface area contributed by atoms with E-state index in [2.05, 4.69) is 35.6 Å². The molecule has 1 aliphatic carbocycles. The van der Waals surface area contributed by atoms with Crippen molar-refractivity contribution >= 4 is 11.8 Å². The minimum absolute atomic E-state index is 0.00224. The van der Waals surface area contributed by atoms with Gasteiger partial charge in [0.1, 0.15) is 5.75 Å². The Morgan fingerprint density at radius 1 is 1.27 bits per heavy atom. The largest absolute Gasteiger partial charge is 0.496 e. The van der Waals surface area contributed by atoms with E-state index in [1.165, 1.54) is 11.1 Å². The molecule has 0 saturated heterocycles. The van der Waals surface area contributed by atoms with Crippen molar-refractivity contribution in [2.75, 3.05) is 13.4 Å². The number of rotatable bonds is 5. The molecule has 3 rings (SSSR count). The summed E-state index contributed by atoms with van der Waals surface area (Å²) in [7, 11) is 1.70. The Morgan fingerprint density at radius 3 is 2.86 bits per heavy atom. The summed E-state index contributed by atoms with van der Waals surface area (Å²) in [5.41, 5.74) is 3.61. The number of fused-ring (bicyclic) bond motifs is 1. The molecule has 0 spiro atoms. The minimum Gasteiger partial charge on any atom is -0.496 e. The van der Waals surface area contributed by atoms with Crippen LogP contribution in [0.5, 0.6) is 5.75 Å². The topological polar surface area (TPSA) is 41.5 Å². The molecule has 0 fully saturated rings. The fourth-order valence-corrected chi connectivity index (χ4v) is 3.59. The van der Waals surface area contributed by atoms with Crippen LogP contribution in [-0.2, 0) is 13.0 Å². The highest BCUT2D eigenvalue weighted by molar-refractivity contribution is 7.98. The molecule has 0 unspecified atom stereocenters. The Bertz CT molecular complexity index is 659. The van der Waals surface area contributed by atoms with E-state index in [-0.39, 0.29) is 12.1 Å². The fraction of sp³-hybridized carbons (Fsp3) is 0.333. The van der Waals surface area contributed by atoms with Crippen LogP contribution in [-0.4, -0.2) is 24.6 Å². The second-order valence-electron chi connectivity index (χ2n) is 5.52.